The number of hydrogen-bond donors (Lipinski definition) is 2. The van der Waals surface area contributed by atoms with E-state index in [1.54, 1.807) is 18.2 Å². The van der Waals surface area contributed by atoms with E-state index in [0.717, 1.165) is 4.47 Å². The van der Waals surface area contributed by atoms with Crippen LogP contribution in [0, 0.1) is 0 Å². The minimum Gasteiger partial charge on any atom is -0.496 e. The van der Waals surface area contributed by atoms with Crippen LogP contribution in [0.4, 0.5) is 4.79 Å². The van der Waals surface area contributed by atoms with Gasteiger partial charge in [-0.1, -0.05) is 15.9 Å². The van der Waals surface area contributed by atoms with Gasteiger partial charge in [-0.15, -0.1) is 0 Å². The minimum absolute atomic E-state index is 0.0277. The van der Waals surface area contributed by atoms with Gasteiger partial charge in [-0.25, -0.2) is 4.79 Å². The first-order chi connectivity index (χ1) is 8.54. The maximum Gasteiger partial charge on any atom is 0.404 e. The maximum atomic E-state index is 11.8. The van der Waals surface area contributed by atoms with Gasteiger partial charge in [0.15, 0.2) is 0 Å². The van der Waals surface area contributed by atoms with E-state index in [0.29, 0.717) is 11.3 Å². The number of carbonyl (C=O) groups is 2. The lowest BCUT2D eigenvalue weighted by Gasteiger charge is -2.09. The van der Waals surface area contributed by atoms with Gasteiger partial charge in [-0.3, -0.25) is 4.79 Å². The highest BCUT2D eigenvalue weighted by Gasteiger charge is 2.11. The predicted molar refractivity (Wildman–Crippen MR) is 68.6 cm³/mol. The zero-order valence-electron chi connectivity index (χ0n) is 9.73. The molecular formula is C11H13BrN2O4. The fraction of sp³-hybridized carbons (Fsp3) is 0.273. The maximum absolute atomic E-state index is 11.8. The second-order valence-corrected chi connectivity index (χ2v) is 4.18. The summed E-state index contributed by atoms with van der Waals surface area (Å²) in [7, 11) is 1.48. The van der Waals surface area contributed by atoms with Crippen LogP contribution in [0.5, 0.6) is 5.75 Å². The highest BCUT2D eigenvalue weighted by molar-refractivity contribution is 9.10. The van der Waals surface area contributed by atoms with Gasteiger partial charge in [0, 0.05) is 4.47 Å². The van der Waals surface area contributed by atoms with Crippen molar-refractivity contribution < 1.29 is 19.1 Å². The van der Waals surface area contributed by atoms with Crippen molar-refractivity contribution in [2.75, 3.05) is 20.3 Å². The summed E-state index contributed by atoms with van der Waals surface area (Å²) in [6.07, 6.45) is -0.870. The van der Waals surface area contributed by atoms with Gasteiger partial charge >= 0.3 is 6.09 Å². The molecule has 7 heteroatoms. The van der Waals surface area contributed by atoms with Crippen molar-refractivity contribution in [1.29, 1.82) is 0 Å². The van der Waals surface area contributed by atoms with E-state index in [1.807, 2.05) is 0 Å². The molecule has 0 heterocycles. The number of rotatable bonds is 5. The Morgan fingerprint density at radius 1 is 1.44 bits per heavy atom. The first-order valence-electron chi connectivity index (χ1n) is 5.08. The second-order valence-electron chi connectivity index (χ2n) is 3.27. The average Bonchev–Trinajstić information content (AvgIpc) is 2.33. The van der Waals surface area contributed by atoms with Crippen molar-refractivity contribution in [2.45, 2.75) is 0 Å². The number of primary amides is 1. The van der Waals surface area contributed by atoms with Crippen LogP contribution in [0.1, 0.15) is 10.4 Å². The van der Waals surface area contributed by atoms with E-state index in [-0.39, 0.29) is 19.1 Å². The zero-order chi connectivity index (χ0) is 13.5. The molecule has 2 amide bonds. The van der Waals surface area contributed by atoms with Crippen LogP contribution < -0.4 is 15.8 Å². The Bertz CT molecular complexity index is 451. The summed E-state index contributed by atoms with van der Waals surface area (Å²) in [5.41, 5.74) is 5.19. The van der Waals surface area contributed by atoms with E-state index in [9.17, 15) is 9.59 Å². The van der Waals surface area contributed by atoms with E-state index >= 15 is 0 Å². The quantitative estimate of drug-likeness (QED) is 0.801. The molecule has 0 radical (unpaired) electrons. The zero-order valence-corrected chi connectivity index (χ0v) is 11.3. The molecule has 0 saturated heterocycles. The SMILES string of the molecule is COc1cc(Br)ccc1C(=O)NCCOC(N)=O. The second kappa shape index (κ2) is 6.85. The first-order valence-corrected chi connectivity index (χ1v) is 5.88. The van der Waals surface area contributed by atoms with Gasteiger partial charge in [-0.2, -0.15) is 0 Å². The highest BCUT2D eigenvalue weighted by Crippen LogP contribution is 2.23. The fourth-order valence-electron chi connectivity index (χ4n) is 1.26. The molecule has 0 aromatic heterocycles. The lowest BCUT2D eigenvalue weighted by molar-refractivity contribution is 0.0934. The van der Waals surface area contributed by atoms with Gasteiger partial charge in [0.2, 0.25) is 0 Å². The highest BCUT2D eigenvalue weighted by atomic mass is 79.9. The fourth-order valence-corrected chi connectivity index (χ4v) is 1.60. The third kappa shape index (κ3) is 4.25. The van der Waals surface area contributed by atoms with E-state index in [4.69, 9.17) is 10.5 Å². The van der Waals surface area contributed by atoms with Gasteiger partial charge < -0.3 is 20.5 Å². The normalized spacial score (nSPS) is 9.67. The van der Waals surface area contributed by atoms with Crippen molar-refractivity contribution >= 4 is 27.9 Å². The van der Waals surface area contributed by atoms with Crippen LogP contribution in [0.3, 0.4) is 0 Å². The van der Waals surface area contributed by atoms with Gasteiger partial charge in [0.25, 0.3) is 5.91 Å². The Morgan fingerprint density at radius 2 is 2.17 bits per heavy atom. The summed E-state index contributed by atoms with van der Waals surface area (Å²) in [5, 5.41) is 2.58. The van der Waals surface area contributed by atoms with Crippen molar-refractivity contribution in [3.8, 4) is 5.75 Å². The molecule has 0 aliphatic carbocycles. The lowest BCUT2D eigenvalue weighted by atomic mass is 10.2. The third-order valence-corrected chi connectivity index (χ3v) is 2.53. The van der Waals surface area contributed by atoms with Gasteiger partial charge in [-0.05, 0) is 18.2 Å². The molecule has 1 rings (SSSR count). The monoisotopic (exact) mass is 316 g/mol. The van der Waals surface area contributed by atoms with Crippen LogP contribution >= 0.6 is 15.9 Å². The number of amides is 2. The Labute approximate surface area is 113 Å². The van der Waals surface area contributed by atoms with Crippen molar-refractivity contribution in [1.82, 2.24) is 5.32 Å². The van der Waals surface area contributed by atoms with Crippen LogP contribution in [0.25, 0.3) is 0 Å². The van der Waals surface area contributed by atoms with Crippen molar-refractivity contribution in [3.63, 3.8) is 0 Å². The Morgan fingerprint density at radius 3 is 2.78 bits per heavy atom. The number of carbonyl (C=O) groups excluding carboxylic acids is 2. The molecule has 0 aliphatic rings. The number of benzene rings is 1. The van der Waals surface area contributed by atoms with Crippen LogP contribution in [-0.2, 0) is 4.74 Å². The number of methoxy groups -OCH3 is 1. The minimum atomic E-state index is -0.870. The average molecular weight is 317 g/mol. The summed E-state index contributed by atoms with van der Waals surface area (Å²) < 4.78 is 10.4. The molecule has 1 aromatic rings. The standard InChI is InChI=1S/C11H13BrN2O4/c1-17-9-6-7(12)2-3-8(9)10(15)14-4-5-18-11(13)16/h2-3,6H,4-5H2,1H3,(H2,13,16)(H,14,15). The number of nitrogens with two attached hydrogens (primary N) is 1. The number of ether oxygens (including phenoxy) is 2. The summed E-state index contributed by atoms with van der Waals surface area (Å²) in [6.45, 7) is 0.209. The lowest BCUT2D eigenvalue weighted by Crippen LogP contribution is -2.29. The van der Waals surface area contributed by atoms with E-state index in [1.165, 1.54) is 7.11 Å². The van der Waals surface area contributed by atoms with Crippen molar-refractivity contribution in [2.24, 2.45) is 5.73 Å². The molecule has 1 aromatic carbocycles. The Kier molecular flexibility index (Phi) is 5.44. The number of halogens is 1. The largest absolute Gasteiger partial charge is 0.496 e. The van der Waals surface area contributed by atoms with Crippen LogP contribution in [-0.4, -0.2) is 32.3 Å². The molecular weight excluding hydrogens is 304 g/mol. The summed E-state index contributed by atoms with van der Waals surface area (Å²) >= 11 is 3.28. The molecule has 0 aliphatic heterocycles. The Hall–Kier alpha value is -1.76. The summed E-state index contributed by atoms with van der Waals surface area (Å²) in [5.74, 6) is 0.144. The predicted octanol–water partition coefficient (Wildman–Crippen LogP) is 1.28. The topological polar surface area (TPSA) is 90.7 Å². The Balaban J connectivity index is 2.58. The smallest absolute Gasteiger partial charge is 0.404 e. The molecule has 3 N–H and O–H groups in total. The summed E-state index contributed by atoms with van der Waals surface area (Å²) in [6, 6.07) is 5.05. The molecule has 0 atom stereocenters. The first kappa shape index (κ1) is 14.3. The molecule has 0 unspecified atom stereocenters. The van der Waals surface area contributed by atoms with Crippen LogP contribution in [0.15, 0.2) is 22.7 Å². The molecule has 0 saturated carbocycles. The molecule has 0 fully saturated rings. The molecule has 18 heavy (non-hydrogen) atoms. The van der Waals surface area contributed by atoms with E-state index < -0.39 is 6.09 Å². The molecule has 0 bridgehead atoms. The van der Waals surface area contributed by atoms with Gasteiger partial charge in [0.05, 0.1) is 19.2 Å². The van der Waals surface area contributed by atoms with Crippen molar-refractivity contribution in [3.05, 3.63) is 28.2 Å². The summed E-state index contributed by atoms with van der Waals surface area (Å²) in [4.78, 5) is 22.1. The van der Waals surface area contributed by atoms with E-state index in [2.05, 4.69) is 26.0 Å². The third-order valence-electron chi connectivity index (χ3n) is 2.04. The molecule has 6 nitrogen and oxygen atoms in total. The molecule has 0 spiro atoms. The van der Waals surface area contributed by atoms with Crippen LogP contribution in [0.2, 0.25) is 0 Å². The number of nitrogens with one attached hydrogen (secondary N) is 1. The van der Waals surface area contributed by atoms with Gasteiger partial charge in [0.1, 0.15) is 12.4 Å². The number of hydrogen-bond acceptors (Lipinski definition) is 4. The molecule has 98 valence electrons.